The van der Waals surface area contributed by atoms with Crippen molar-refractivity contribution >= 4 is 27.9 Å². The van der Waals surface area contributed by atoms with Gasteiger partial charge in [0.2, 0.25) is 5.91 Å². The van der Waals surface area contributed by atoms with Crippen LogP contribution >= 0.6 is 11.3 Å². The number of hydrogen-bond acceptors (Lipinski definition) is 5. The first-order valence-corrected chi connectivity index (χ1v) is 11.4. The lowest BCUT2D eigenvalue weighted by atomic mass is 10.1. The largest absolute Gasteiger partial charge is 0.497 e. The fourth-order valence-electron chi connectivity index (χ4n) is 3.35. The van der Waals surface area contributed by atoms with E-state index < -0.39 is 0 Å². The zero-order chi connectivity index (χ0) is 23.2. The second kappa shape index (κ2) is 10.2. The number of methoxy groups -OCH3 is 2. The Morgan fingerprint density at radius 1 is 0.909 bits per heavy atom. The highest BCUT2D eigenvalue weighted by atomic mass is 32.1. The summed E-state index contributed by atoms with van der Waals surface area (Å²) in [4.78, 5) is 18.0. The van der Waals surface area contributed by atoms with Gasteiger partial charge in [0.1, 0.15) is 16.5 Å². The van der Waals surface area contributed by atoms with Gasteiger partial charge in [-0.25, -0.2) is 4.99 Å². The van der Waals surface area contributed by atoms with Crippen molar-refractivity contribution in [2.75, 3.05) is 19.5 Å². The van der Waals surface area contributed by atoms with Crippen LogP contribution in [-0.4, -0.2) is 24.7 Å². The third-order valence-corrected chi connectivity index (χ3v) is 6.03. The van der Waals surface area contributed by atoms with Crippen LogP contribution in [0.1, 0.15) is 13.3 Å². The number of carbonyl (C=O) groups is 1. The summed E-state index contributed by atoms with van der Waals surface area (Å²) in [6.07, 6.45) is 0.389. The Kier molecular flexibility index (Phi) is 6.90. The first-order chi connectivity index (χ1) is 16.1. The van der Waals surface area contributed by atoms with Gasteiger partial charge < -0.3 is 14.8 Å². The number of hydrogen-bond donors (Lipinski definition) is 1. The van der Waals surface area contributed by atoms with Crippen molar-refractivity contribution in [2.24, 2.45) is 4.99 Å². The number of anilines is 1. The number of nitrogens with zero attached hydrogens (tertiary/aromatic N) is 2. The van der Waals surface area contributed by atoms with Crippen molar-refractivity contribution in [1.29, 1.82) is 0 Å². The van der Waals surface area contributed by atoms with Gasteiger partial charge in [0.25, 0.3) is 0 Å². The molecule has 0 aliphatic heterocycles. The maximum atomic E-state index is 12.4. The van der Waals surface area contributed by atoms with Crippen molar-refractivity contribution in [2.45, 2.75) is 13.3 Å². The molecule has 0 saturated carbocycles. The topological polar surface area (TPSA) is 64.8 Å². The van der Waals surface area contributed by atoms with Gasteiger partial charge in [-0.1, -0.05) is 48.6 Å². The molecule has 7 heteroatoms. The molecule has 0 bridgehead atoms. The van der Waals surface area contributed by atoms with Crippen molar-refractivity contribution in [1.82, 2.24) is 4.57 Å². The Labute approximate surface area is 196 Å². The average molecular weight is 460 g/mol. The van der Waals surface area contributed by atoms with Gasteiger partial charge in [-0.15, -0.1) is 0 Å². The second-order valence-corrected chi connectivity index (χ2v) is 8.15. The number of amides is 1. The smallest absolute Gasteiger partial charge is 0.224 e. The summed E-state index contributed by atoms with van der Waals surface area (Å²) in [5.74, 6) is 1.49. The van der Waals surface area contributed by atoms with Crippen LogP contribution in [0.3, 0.4) is 0 Å². The molecule has 4 rings (SSSR count). The molecule has 168 valence electrons. The van der Waals surface area contributed by atoms with Gasteiger partial charge in [0, 0.05) is 17.7 Å². The quantitative estimate of drug-likeness (QED) is 0.380. The average Bonchev–Trinajstić information content (AvgIpc) is 3.22. The number of thiazole rings is 1. The fourth-order valence-corrected chi connectivity index (χ4v) is 4.44. The van der Waals surface area contributed by atoms with Crippen LogP contribution in [0.4, 0.5) is 10.7 Å². The van der Waals surface area contributed by atoms with Crippen LogP contribution in [0.25, 0.3) is 16.9 Å². The van der Waals surface area contributed by atoms with Crippen LogP contribution < -0.4 is 19.6 Å². The highest BCUT2D eigenvalue weighted by Crippen LogP contribution is 2.34. The summed E-state index contributed by atoms with van der Waals surface area (Å²) >= 11 is 1.44. The molecule has 0 aliphatic carbocycles. The molecular weight excluding hydrogens is 434 g/mol. The molecule has 0 radical (unpaired) electrons. The summed E-state index contributed by atoms with van der Waals surface area (Å²) < 4.78 is 12.7. The normalized spacial score (nSPS) is 11.3. The Hall–Kier alpha value is -3.84. The molecule has 3 aromatic carbocycles. The highest BCUT2D eigenvalue weighted by molar-refractivity contribution is 7.14. The minimum Gasteiger partial charge on any atom is -0.497 e. The molecule has 0 unspecified atom stereocenters. The van der Waals surface area contributed by atoms with E-state index in [0.717, 1.165) is 43.9 Å². The van der Waals surface area contributed by atoms with E-state index in [1.807, 2.05) is 85.8 Å². The van der Waals surface area contributed by atoms with Crippen LogP contribution in [-0.2, 0) is 4.79 Å². The summed E-state index contributed by atoms with van der Waals surface area (Å²) in [6, 6.07) is 25.4. The summed E-state index contributed by atoms with van der Waals surface area (Å²) in [5.41, 5.74) is 3.55. The van der Waals surface area contributed by atoms with Gasteiger partial charge >= 0.3 is 0 Å². The summed E-state index contributed by atoms with van der Waals surface area (Å²) in [6.45, 7) is 1.84. The zero-order valence-corrected chi connectivity index (χ0v) is 19.6. The van der Waals surface area contributed by atoms with Crippen molar-refractivity contribution in [3.63, 3.8) is 0 Å². The van der Waals surface area contributed by atoms with E-state index in [2.05, 4.69) is 9.88 Å². The van der Waals surface area contributed by atoms with Gasteiger partial charge in [-0.3, -0.25) is 9.36 Å². The standard InChI is InChI=1S/C26H25N3O3S/c1-4-23(30)28-25-24(18-8-6-5-7-9-18)29(20-12-16-22(32-3)17-13-20)26(33-25)27-19-10-14-21(31-2)15-11-19/h5-17H,4H2,1-3H3,(H,28,30). The molecule has 0 fully saturated rings. The fraction of sp³-hybridized carbons (Fsp3) is 0.154. The molecule has 0 saturated heterocycles. The van der Waals surface area contributed by atoms with E-state index in [-0.39, 0.29) is 5.91 Å². The number of aromatic nitrogens is 1. The van der Waals surface area contributed by atoms with Crippen molar-refractivity contribution in [3.8, 4) is 28.4 Å². The zero-order valence-electron chi connectivity index (χ0n) is 18.7. The number of carbonyl (C=O) groups excluding carboxylic acids is 1. The van der Waals surface area contributed by atoms with E-state index in [1.54, 1.807) is 14.2 Å². The molecule has 0 atom stereocenters. The number of nitrogens with one attached hydrogen (secondary N) is 1. The SMILES string of the molecule is CCC(=O)Nc1sc(=Nc2ccc(OC)cc2)n(-c2ccc(OC)cc2)c1-c1ccccc1. The maximum absolute atomic E-state index is 12.4. The Morgan fingerprint density at radius 3 is 2.09 bits per heavy atom. The lowest BCUT2D eigenvalue weighted by Crippen LogP contribution is -2.14. The van der Waals surface area contributed by atoms with Gasteiger partial charge in [0.15, 0.2) is 4.80 Å². The molecule has 0 spiro atoms. The third kappa shape index (κ3) is 4.99. The molecule has 1 N–H and O–H groups in total. The molecule has 4 aromatic rings. The van der Waals surface area contributed by atoms with Crippen LogP contribution in [0, 0.1) is 0 Å². The van der Waals surface area contributed by atoms with Crippen LogP contribution in [0.2, 0.25) is 0 Å². The lowest BCUT2D eigenvalue weighted by molar-refractivity contribution is -0.115. The van der Waals surface area contributed by atoms with E-state index in [9.17, 15) is 4.79 Å². The van der Waals surface area contributed by atoms with Crippen molar-refractivity contribution in [3.05, 3.63) is 83.7 Å². The van der Waals surface area contributed by atoms with E-state index >= 15 is 0 Å². The Morgan fingerprint density at radius 2 is 1.52 bits per heavy atom. The summed E-state index contributed by atoms with van der Waals surface area (Å²) in [7, 11) is 3.28. The van der Waals surface area contributed by atoms with Gasteiger partial charge in [0.05, 0.1) is 25.6 Å². The van der Waals surface area contributed by atoms with Gasteiger partial charge in [-0.05, 0) is 48.5 Å². The molecule has 1 amide bonds. The minimum atomic E-state index is -0.0497. The third-order valence-electron chi connectivity index (χ3n) is 5.07. The Balaban J connectivity index is 1.99. The first kappa shape index (κ1) is 22.4. The lowest BCUT2D eigenvalue weighted by Gasteiger charge is -2.12. The molecular formula is C26H25N3O3S. The predicted molar refractivity (Wildman–Crippen MR) is 133 cm³/mol. The monoisotopic (exact) mass is 459 g/mol. The number of benzene rings is 3. The predicted octanol–water partition coefficient (Wildman–Crippen LogP) is 5.80. The highest BCUT2D eigenvalue weighted by Gasteiger charge is 2.19. The van der Waals surface area contributed by atoms with Crippen LogP contribution in [0.5, 0.6) is 11.5 Å². The number of rotatable bonds is 7. The first-order valence-electron chi connectivity index (χ1n) is 10.6. The van der Waals surface area contributed by atoms with E-state index in [4.69, 9.17) is 14.5 Å². The molecule has 1 aromatic heterocycles. The maximum Gasteiger partial charge on any atom is 0.224 e. The van der Waals surface area contributed by atoms with Crippen LogP contribution in [0.15, 0.2) is 83.9 Å². The molecule has 0 aliphatic rings. The van der Waals surface area contributed by atoms with E-state index in [1.165, 1.54) is 11.3 Å². The van der Waals surface area contributed by atoms with E-state index in [0.29, 0.717) is 6.42 Å². The minimum absolute atomic E-state index is 0.0497. The van der Waals surface area contributed by atoms with Gasteiger partial charge in [-0.2, -0.15) is 0 Å². The van der Waals surface area contributed by atoms with Crippen molar-refractivity contribution < 1.29 is 14.3 Å². The molecule has 33 heavy (non-hydrogen) atoms. The summed E-state index contributed by atoms with van der Waals surface area (Å²) in [5, 5.41) is 3.82. The number of ether oxygens (including phenoxy) is 2. The Bertz CT molecular complexity index is 1290. The molecule has 6 nitrogen and oxygen atoms in total. The molecule has 1 heterocycles. The second-order valence-electron chi connectivity index (χ2n) is 7.17.